The second kappa shape index (κ2) is 6.72. The smallest absolute Gasteiger partial charge is 0.228 e. The fourth-order valence-electron chi connectivity index (χ4n) is 1.76. The second-order valence-corrected chi connectivity index (χ2v) is 4.45. The van der Waals surface area contributed by atoms with E-state index in [1.807, 2.05) is 12.1 Å². The maximum atomic E-state index is 11.9. The van der Waals surface area contributed by atoms with Crippen molar-refractivity contribution < 1.29 is 9.53 Å². The van der Waals surface area contributed by atoms with E-state index in [1.165, 1.54) is 0 Å². The van der Waals surface area contributed by atoms with E-state index in [2.05, 4.69) is 10.4 Å². The Morgan fingerprint density at radius 1 is 1.40 bits per heavy atom. The molecule has 0 aliphatic heterocycles. The summed E-state index contributed by atoms with van der Waals surface area (Å²) >= 11 is 0. The molecule has 1 amide bonds. The van der Waals surface area contributed by atoms with E-state index in [1.54, 1.807) is 36.3 Å². The number of nitrogens with two attached hydrogens (primary N) is 1. The van der Waals surface area contributed by atoms with Crippen LogP contribution in [0.15, 0.2) is 36.7 Å². The molecule has 0 saturated carbocycles. The lowest BCUT2D eigenvalue weighted by molar-refractivity contribution is -0.115. The second-order valence-electron chi connectivity index (χ2n) is 4.45. The Balaban J connectivity index is 1.87. The Kier molecular flexibility index (Phi) is 4.73. The van der Waals surface area contributed by atoms with Gasteiger partial charge in [0.25, 0.3) is 0 Å². The fourth-order valence-corrected chi connectivity index (χ4v) is 1.76. The number of methoxy groups -OCH3 is 1. The quantitative estimate of drug-likeness (QED) is 0.778. The molecule has 1 aromatic carbocycles. The highest BCUT2D eigenvalue weighted by Crippen LogP contribution is 2.09. The molecule has 20 heavy (non-hydrogen) atoms. The monoisotopic (exact) mass is 274 g/mol. The number of amides is 1. The van der Waals surface area contributed by atoms with Crippen LogP contribution in [0.2, 0.25) is 0 Å². The van der Waals surface area contributed by atoms with Crippen molar-refractivity contribution >= 4 is 17.3 Å². The molecule has 1 aromatic heterocycles. The molecule has 1 heterocycles. The molecule has 0 atom stereocenters. The first-order valence-corrected chi connectivity index (χ1v) is 6.33. The maximum Gasteiger partial charge on any atom is 0.228 e. The van der Waals surface area contributed by atoms with Crippen LogP contribution < -0.4 is 11.1 Å². The third-order valence-electron chi connectivity index (χ3n) is 2.79. The van der Waals surface area contributed by atoms with Gasteiger partial charge in [-0.05, 0) is 17.7 Å². The van der Waals surface area contributed by atoms with Crippen LogP contribution in [0, 0.1) is 0 Å². The molecule has 0 spiro atoms. The molecule has 106 valence electrons. The van der Waals surface area contributed by atoms with Gasteiger partial charge in [0.2, 0.25) is 5.91 Å². The lowest BCUT2D eigenvalue weighted by Gasteiger charge is -2.03. The number of anilines is 2. The van der Waals surface area contributed by atoms with Gasteiger partial charge < -0.3 is 15.8 Å². The van der Waals surface area contributed by atoms with Crippen LogP contribution in [-0.4, -0.2) is 29.4 Å². The topological polar surface area (TPSA) is 82.2 Å². The first kappa shape index (κ1) is 14.1. The predicted molar refractivity (Wildman–Crippen MR) is 77.3 cm³/mol. The number of nitrogen functional groups attached to an aromatic ring is 1. The molecule has 0 bridgehead atoms. The van der Waals surface area contributed by atoms with Crippen LogP contribution in [0.4, 0.5) is 11.4 Å². The summed E-state index contributed by atoms with van der Waals surface area (Å²) in [6.45, 7) is 1.24. The van der Waals surface area contributed by atoms with E-state index >= 15 is 0 Å². The van der Waals surface area contributed by atoms with Crippen molar-refractivity contribution in [1.29, 1.82) is 0 Å². The highest BCUT2D eigenvalue weighted by molar-refractivity contribution is 5.92. The van der Waals surface area contributed by atoms with Gasteiger partial charge in [0.1, 0.15) is 0 Å². The van der Waals surface area contributed by atoms with E-state index in [0.717, 1.165) is 5.56 Å². The largest absolute Gasteiger partial charge is 0.399 e. The van der Waals surface area contributed by atoms with Gasteiger partial charge in [-0.1, -0.05) is 12.1 Å². The van der Waals surface area contributed by atoms with E-state index < -0.39 is 0 Å². The third-order valence-corrected chi connectivity index (χ3v) is 2.79. The summed E-state index contributed by atoms with van der Waals surface area (Å²) in [5.41, 5.74) is 7.89. The number of nitrogens with one attached hydrogen (secondary N) is 1. The van der Waals surface area contributed by atoms with Crippen LogP contribution in [-0.2, 0) is 22.5 Å². The van der Waals surface area contributed by atoms with Gasteiger partial charge in [-0.15, -0.1) is 0 Å². The van der Waals surface area contributed by atoms with Crippen molar-refractivity contribution in [2.45, 2.75) is 13.0 Å². The molecule has 0 unspecified atom stereocenters. The summed E-state index contributed by atoms with van der Waals surface area (Å²) in [4.78, 5) is 11.9. The van der Waals surface area contributed by atoms with Gasteiger partial charge in [-0.3, -0.25) is 9.48 Å². The zero-order valence-corrected chi connectivity index (χ0v) is 11.4. The standard InChI is InChI=1S/C14H18N4O2/c1-20-7-6-18-10-13(9-16-18)17-14(19)8-11-2-4-12(15)5-3-11/h2-5,9-10H,6-8,15H2,1H3,(H,17,19). The Labute approximate surface area is 117 Å². The number of ether oxygens (including phenoxy) is 1. The van der Waals surface area contributed by atoms with Gasteiger partial charge in [0.05, 0.1) is 31.5 Å². The minimum atomic E-state index is -0.0823. The van der Waals surface area contributed by atoms with Crippen LogP contribution >= 0.6 is 0 Å². The van der Waals surface area contributed by atoms with E-state index in [4.69, 9.17) is 10.5 Å². The highest BCUT2D eigenvalue weighted by atomic mass is 16.5. The van der Waals surface area contributed by atoms with Crippen LogP contribution in [0.25, 0.3) is 0 Å². The molecule has 6 heteroatoms. The normalized spacial score (nSPS) is 10.4. The number of carbonyl (C=O) groups is 1. The third kappa shape index (κ3) is 4.10. The Morgan fingerprint density at radius 3 is 2.85 bits per heavy atom. The molecule has 0 fully saturated rings. The molecule has 3 N–H and O–H groups in total. The molecule has 0 aliphatic carbocycles. The van der Waals surface area contributed by atoms with Gasteiger partial charge >= 0.3 is 0 Å². The molecule has 2 rings (SSSR count). The lowest BCUT2D eigenvalue weighted by atomic mass is 10.1. The summed E-state index contributed by atoms with van der Waals surface area (Å²) in [5.74, 6) is -0.0823. The Hall–Kier alpha value is -2.34. The number of hydrogen-bond acceptors (Lipinski definition) is 4. The Bertz CT molecular complexity index is 563. The average molecular weight is 274 g/mol. The average Bonchev–Trinajstić information content (AvgIpc) is 2.86. The van der Waals surface area contributed by atoms with E-state index in [9.17, 15) is 4.79 Å². The minimum absolute atomic E-state index is 0.0823. The molecular weight excluding hydrogens is 256 g/mol. The van der Waals surface area contributed by atoms with E-state index in [0.29, 0.717) is 30.9 Å². The van der Waals surface area contributed by atoms with Crippen molar-refractivity contribution in [3.8, 4) is 0 Å². The van der Waals surface area contributed by atoms with Crippen LogP contribution in [0.1, 0.15) is 5.56 Å². The molecule has 0 radical (unpaired) electrons. The van der Waals surface area contributed by atoms with Crippen molar-refractivity contribution in [2.75, 3.05) is 24.8 Å². The van der Waals surface area contributed by atoms with Gasteiger partial charge in [0, 0.05) is 19.0 Å². The summed E-state index contributed by atoms with van der Waals surface area (Å²) in [6.07, 6.45) is 3.71. The number of hydrogen-bond donors (Lipinski definition) is 2. The SMILES string of the molecule is COCCn1cc(NC(=O)Cc2ccc(N)cc2)cn1. The molecular formula is C14H18N4O2. The molecule has 2 aromatic rings. The maximum absolute atomic E-state index is 11.9. The van der Waals surface area contributed by atoms with Crippen LogP contribution in [0.5, 0.6) is 0 Å². The number of benzene rings is 1. The molecule has 0 saturated heterocycles. The fraction of sp³-hybridized carbons (Fsp3) is 0.286. The lowest BCUT2D eigenvalue weighted by Crippen LogP contribution is -2.14. The number of nitrogens with zero attached hydrogens (tertiary/aromatic N) is 2. The summed E-state index contributed by atoms with van der Waals surface area (Å²) in [7, 11) is 1.64. The van der Waals surface area contributed by atoms with Crippen molar-refractivity contribution in [3.63, 3.8) is 0 Å². The zero-order chi connectivity index (χ0) is 14.4. The highest BCUT2D eigenvalue weighted by Gasteiger charge is 2.06. The van der Waals surface area contributed by atoms with Gasteiger partial charge in [-0.2, -0.15) is 5.10 Å². The predicted octanol–water partition coefficient (Wildman–Crippen LogP) is 1.29. The van der Waals surface area contributed by atoms with Crippen LogP contribution in [0.3, 0.4) is 0 Å². The van der Waals surface area contributed by atoms with Gasteiger partial charge in [-0.25, -0.2) is 0 Å². The Morgan fingerprint density at radius 2 is 2.15 bits per heavy atom. The first-order chi connectivity index (χ1) is 9.67. The number of rotatable bonds is 6. The summed E-state index contributed by atoms with van der Waals surface area (Å²) in [5, 5.41) is 6.94. The first-order valence-electron chi connectivity index (χ1n) is 6.33. The van der Waals surface area contributed by atoms with E-state index in [-0.39, 0.29) is 5.91 Å². The van der Waals surface area contributed by atoms with Crippen molar-refractivity contribution in [1.82, 2.24) is 9.78 Å². The zero-order valence-electron chi connectivity index (χ0n) is 11.4. The minimum Gasteiger partial charge on any atom is -0.399 e. The molecule has 6 nitrogen and oxygen atoms in total. The van der Waals surface area contributed by atoms with Crippen molar-refractivity contribution in [3.05, 3.63) is 42.2 Å². The number of carbonyl (C=O) groups excluding carboxylic acids is 1. The molecule has 0 aliphatic rings. The van der Waals surface area contributed by atoms with Crippen molar-refractivity contribution in [2.24, 2.45) is 0 Å². The summed E-state index contributed by atoms with van der Waals surface area (Å²) < 4.78 is 6.69. The van der Waals surface area contributed by atoms with Gasteiger partial charge in [0.15, 0.2) is 0 Å². The summed E-state index contributed by atoms with van der Waals surface area (Å²) in [6, 6.07) is 7.25. The number of aromatic nitrogens is 2.